The zero-order chi connectivity index (χ0) is 20.8. The van der Waals surface area contributed by atoms with Gasteiger partial charge in [0.1, 0.15) is 6.04 Å². The number of benzene rings is 1. The van der Waals surface area contributed by atoms with Gasteiger partial charge in [0.25, 0.3) is 5.91 Å². The molecule has 1 saturated carbocycles. The van der Waals surface area contributed by atoms with Crippen LogP contribution in [0.25, 0.3) is 0 Å². The topological polar surface area (TPSA) is 61.9 Å². The van der Waals surface area contributed by atoms with E-state index in [1.807, 2.05) is 24.3 Å². The maximum atomic E-state index is 13.4. The normalized spacial score (nSPS) is 23.7. The summed E-state index contributed by atoms with van der Waals surface area (Å²) in [6, 6.07) is 7.35. The number of hydrogen-bond acceptors (Lipinski definition) is 4. The summed E-state index contributed by atoms with van der Waals surface area (Å²) < 4.78 is 5.42. The highest BCUT2D eigenvalue weighted by atomic mass is 16.5. The van der Waals surface area contributed by atoms with Gasteiger partial charge < -0.3 is 15.0 Å². The van der Waals surface area contributed by atoms with Gasteiger partial charge in [-0.05, 0) is 30.9 Å². The molecule has 1 aromatic carbocycles. The van der Waals surface area contributed by atoms with Crippen molar-refractivity contribution in [1.29, 1.82) is 0 Å². The summed E-state index contributed by atoms with van der Waals surface area (Å²) in [4.78, 5) is 30.6. The lowest BCUT2D eigenvalue weighted by atomic mass is 9.96. The molecular formula is C24H35N3O3. The van der Waals surface area contributed by atoms with E-state index >= 15 is 0 Å². The number of carbonyl (C=O) groups excluding carboxylic acids is 2. The van der Waals surface area contributed by atoms with E-state index in [0.717, 1.165) is 57.7 Å². The second-order valence-electron chi connectivity index (χ2n) is 8.85. The quantitative estimate of drug-likeness (QED) is 0.778. The molecule has 6 nitrogen and oxygen atoms in total. The van der Waals surface area contributed by atoms with E-state index < -0.39 is 6.04 Å². The van der Waals surface area contributed by atoms with E-state index in [9.17, 15) is 9.59 Å². The third-order valence-electron chi connectivity index (χ3n) is 6.74. The summed E-state index contributed by atoms with van der Waals surface area (Å²) in [5.41, 5.74) is 1.54. The Kier molecular flexibility index (Phi) is 7.39. The Morgan fingerprint density at radius 3 is 2.47 bits per heavy atom. The summed E-state index contributed by atoms with van der Waals surface area (Å²) in [6.07, 6.45) is 9.13. The van der Waals surface area contributed by atoms with Crippen molar-refractivity contribution >= 4 is 11.8 Å². The van der Waals surface area contributed by atoms with Crippen LogP contribution in [0.1, 0.15) is 73.3 Å². The first kappa shape index (κ1) is 21.3. The molecular weight excluding hydrogens is 378 g/mol. The minimum Gasteiger partial charge on any atom is -0.379 e. The summed E-state index contributed by atoms with van der Waals surface area (Å²) in [5, 5.41) is 3.30. The predicted molar refractivity (Wildman–Crippen MR) is 116 cm³/mol. The molecule has 2 heterocycles. The fourth-order valence-corrected chi connectivity index (χ4v) is 5.05. The first-order valence-corrected chi connectivity index (χ1v) is 11.7. The molecule has 0 bridgehead atoms. The average Bonchev–Trinajstić information content (AvgIpc) is 3.03. The molecule has 2 amide bonds. The van der Waals surface area contributed by atoms with E-state index in [2.05, 4.69) is 10.2 Å². The molecule has 6 heteroatoms. The lowest BCUT2D eigenvalue weighted by Crippen LogP contribution is -2.44. The van der Waals surface area contributed by atoms with Gasteiger partial charge in [0.15, 0.2) is 0 Å². The number of fused-ring (bicyclic) bond motifs is 1. The number of amides is 2. The zero-order valence-corrected chi connectivity index (χ0v) is 18.0. The van der Waals surface area contributed by atoms with Crippen LogP contribution in [0.4, 0.5) is 0 Å². The molecule has 0 unspecified atom stereocenters. The Balaban J connectivity index is 1.42. The third kappa shape index (κ3) is 5.03. The van der Waals surface area contributed by atoms with E-state index in [0.29, 0.717) is 12.1 Å². The van der Waals surface area contributed by atoms with Crippen molar-refractivity contribution in [3.8, 4) is 0 Å². The van der Waals surface area contributed by atoms with Crippen molar-refractivity contribution in [1.82, 2.24) is 15.1 Å². The van der Waals surface area contributed by atoms with Crippen LogP contribution in [-0.2, 0) is 9.53 Å². The molecule has 1 aliphatic carbocycles. The number of nitrogens with zero attached hydrogens (tertiary/aromatic N) is 2. The van der Waals surface area contributed by atoms with Gasteiger partial charge in [-0.25, -0.2) is 0 Å². The molecule has 0 spiro atoms. The summed E-state index contributed by atoms with van der Waals surface area (Å²) in [7, 11) is 0. The Morgan fingerprint density at radius 1 is 1.00 bits per heavy atom. The number of ether oxygens (including phenoxy) is 1. The van der Waals surface area contributed by atoms with Crippen molar-refractivity contribution in [2.24, 2.45) is 0 Å². The predicted octanol–water partition coefficient (Wildman–Crippen LogP) is 3.13. The van der Waals surface area contributed by atoms with E-state index in [1.54, 1.807) is 4.90 Å². The molecule has 1 aromatic rings. The van der Waals surface area contributed by atoms with E-state index in [-0.39, 0.29) is 17.9 Å². The van der Waals surface area contributed by atoms with Crippen LogP contribution >= 0.6 is 0 Å². The second-order valence-corrected chi connectivity index (χ2v) is 8.85. The lowest BCUT2D eigenvalue weighted by molar-refractivity contribution is -0.126. The van der Waals surface area contributed by atoms with Crippen LogP contribution in [0.15, 0.2) is 24.3 Å². The monoisotopic (exact) mass is 413 g/mol. The smallest absolute Gasteiger partial charge is 0.255 e. The SMILES string of the molecule is O=C(NC1CCCCCCC1)[C@@H]1c2ccccc2C(=O)N1CCCN1CCOCC1. The number of rotatable bonds is 6. The van der Waals surface area contributed by atoms with Gasteiger partial charge in [-0.1, -0.05) is 50.3 Å². The van der Waals surface area contributed by atoms with Gasteiger partial charge in [0.05, 0.1) is 13.2 Å². The lowest BCUT2D eigenvalue weighted by Gasteiger charge is -2.30. The second kappa shape index (κ2) is 10.4. The van der Waals surface area contributed by atoms with Crippen LogP contribution in [-0.4, -0.2) is 67.0 Å². The standard InChI is InChI=1S/C24H35N3O3/c28-23(25-19-9-4-2-1-3-5-10-19)22-20-11-6-7-12-21(20)24(29)27(22)14-8-13-26-15-17-30-18-16-26/h6-7,11-12,19,22H,1-5,8-10,13-18H2,(H,25,28)/t22-/m0/s1. The van der Waals surface area contributed by atoms with E-state index in [4.69, 9.17) is 4.74 Å². The summed E-state index contributed by atoms with van der Waals surface area (Å²) >= 11 is 0. The molecule has 1 N–H and O–H groups in total. The Labute approximate surface area is 179 Å². The fraction of sp³-hybridized carbons (Fsp3) is 0.667. The van der Waals surface area contributed by atoms with Crippen LogP contribution in [0, 0.1) is 0 Å². The van der Waals surface area contributed by atoms with Crippen molar-refractivity contribution in [2.75, 3.05) is 39.4 Å². The average molecular weight is 414 g/mol. The summed E-state index contributed by atoms with van der Waals surface area (Å²) in [6.45, 7) is 4.98. The maximum Gasteiger partial charge on any atom is 0.255 e. The summed E-state index contributed by atoms with van der Waals surface area (Å²) in [5.74, 6) is -0.0179. The number of hydrogen-bond donors (Lipinski definition) is 1. The largest absolute Gasteiger partial charge is 0.379 e. The Hall–Kier alpha value is -1.92. The number of nitrogens with one attached hydrogen (secondary N) is 1. The van der Waals surface area contributed by atoms with Crippen molar-refractivity contribution in [3.05, 3.63) is 35.4 Å². The van der Waals surface area contributed by atoms with Gasteiger partial charge in [0.2, 0.25) is 5.91 Å². The molecule has 0 radical (unpaired) electrons. The first-order chi connectivity index (χ1) is 14.7. The van der Waals surface area contributed by atoms with Crippen molar-refractivity contribution in [3.63, 3.8) is 0 Å². The van der Waals surface area contributed by atoms with Crippen LogP contribution in [0.2, 0.25) is 0 Å². The highest BCUT2D eigenvalue weighted by molar-refractivity contribution is 6.04. The Bertz CT molecular complexity index is 724. The van der Waals surface area contributed by atoms with Gasteiger partial charge in [-0.3, -0.25) is 14.5 Å². The van der Waals surface area contributed by atoms with Gasteiger partial charge >= 0.3 is 0 Å². The van der Waals surface area contributed by atoms with E-state index in [1.165, 1.54) is 32.1 Å². The number of morpholine rings is 1. The third-order valence-corrected chi connectivity index (χ3v) is 6.74. The minimum absolute atomic E-state index is 0.00889. The van der Waals surface area contributed by atoms with Crippen molar-refractivity contribution < 1.29 is 14.3 Å². The molecule has 0 aromatic heterocycles. The molecule has 2 aliphatic heterocycles. The molecule has 3 aliphatic rings. The first-order valence-electron chi connectivity index (χ1n) is 11.7. The van der Waals surface area contributed by atoms with Crippen LogP contribution in [0.5, 0.6) is 0 Å². The van der Waals surface area contributed by atoms with Crippen LogP contribution < -0.4 is 5.32 Å². The highest BCUT2D eigenvalue weighted by Gasteiger charge is 2.41. The van der Waals surface area contributed by atoms with Gasteiger partial charge in [0, 0.05) is 37.8 Å². The molecule has 2 fully saturated rings. The zero-order valence-electron chi connectivity index (χ0n) is 18.0. The Morgan fingerprint density at radius 2 is 1.70 bits per heavy atom. The van der Waals surface area contributed by atoms with Gasteiger partial charge in [-0.15, -0.1) is 0 Å². The van der Waals surface area contributed by atoms with Crippen molar-refractivity contribution in [2.45, 2.75) is 63.5 Å². The highest BCUT2D eigenvalue weighted by Crippen LogP contribution is 2.34. The van der Waals surface area contributed by atoms with Gasteiger partial charge in [-0.2, -0.15) is 0 Å². The molecule has 1 atom stereocenters. The number of carbonyl (C=O) groups is 2. The molecule has 30 heavy (non-hydrogen) atoms. The molecule has 1 saturated heterocycles. The van der Waals surface area contributed by atoms with Crippen LogP contribution in [0.3, 0.4) is 0 Å². The minimum atomic E-state index is -0.496. The fourth-order valence-electron chi connectivity index (χ4n) is 5.05. The molecule has 4 rings (SSSR count). The maximum absolute atomic E-state index is 13.4. The molecule has 164 valence electrons.